The number of benzene rings is 1. The Hall–Kier alpha value is -2.24. The fraction of sp³-hybridized carbons (Fsp3) is 0.579. The minimum absolute atomic E-state index is 0.172. The lowest BCUT2D eigenvalue weighted by atomic mass is 9.86. The molecule has 1 saturated carbocycles. The highest BCUT2D eigenvalue weighted by Gasteiger charge is 2.23. The standard InChI is InChI=1S/C19H27NO5/c1-4-24-17-11-14(9-10-16(17)23-3)19(22)25-12-18(21)20-15-8-6-5-7-13(15)2/h9-11,13,15H,4-8,12H2,1-3H3,(H,20,21)/t13-,15-/m1/s1. The number of methoxy groups -OCH3 is 1. The van der Waals surface area contributed by atoms with Crippen molar-refractivity contribution in [2.75, 3.05) is 20.3 Å². The molecular weight excluding hydrogens is 322 g/mol. The maximum Gasteiger partial charge on any atom is 0.338 e. The van der Waals surface area contributed by atoms with E-state index >= 15 is 0 Å². The lowest BCUT2D eigenvalue weighted by Gasteiger charge is -2.29. The van der Waals surface area contributed by atoms with Crippen molar-refractivity contribution < 1.29 is 23.8 Å². The Morgan fingerprint density at radius 3 is 2.64 bits per heavy atom. The van der Waals surface area contributed by atoms with Crippen molar-refractivity contribution in [1.29, 1.82) is 0 Å². The third kappa shape index (κ3) is 5.37. The minimum Gasteiger partial charge on any atom is -0.493 e. The van der Waals surface area contributed by atoms with Crippen LogP contribution in [0.4, 0.5) is 0 Å². The molecule has 138 valence electrons. The third-order valence-electron chi connectivity index (χ3n) is 4.49. The van der Waals surface area contributed by atoms with E-state index < -0.39 is 5.97 Å². The molecule has 1 N–H and O–H groups in total. The van der Waals surface area contributed by atoms with Crippen LogP contribution in [0.5, 0.6) is 11.5 Å². The fourth-order valence-electron chi connectivity index (χ4n) is 3.07. The maximum atomic E-state index is 12.2. The second kappa shape index (κ2) is 9.30. The Morgan fingerprint density at radius 1 is 1.20 bits per heavy atom. The topological polar surface area (TPSA) is 73.9 Å². The van der Waals surface area contributed by atoms with Crippen molar-refractivity contribution in [3.05, 3.63) is 23.8 Å². The number of nitrogens with one attached hydrogen (secondary N) is 1. The Labute approximate surface area is 148 Å². The first-order valence-electron chi connectivity index (χ1n) is 8.82. The highest BCUT2D eigenvalue weighted by Crippen LogP contribution is 2.28. The van der Waals surface area contributed by atoms with Gasteiger partial charge in [0.15, 0.2) is 18.1 Å². The molecule has 1 fully saturated rings. The summed E-state index contributed by atoms with van der Waals surface area (Å²) in [5.41, 5.74) is 0.322. The maximum absolute atomic E-state index is 12.2. The average molecular weight is 349 g/mol. The summed E-state index contributed by atoms with van der Waals surface area (Å²) >= 11 is 0. The number of ether oxygens (including phenoxy) is 3. The predicted molar refractivity (Wildman–Crippen MR) is 94.0 cm³/mol. The molecule has 0 heterocycles. The zero-order valence-electron chi connectivity index (χ0n) is 15.2. The zero-order valence-corrected chi connectivity index (χ0v) is 15.2. The highest BCUT2D eigenvalue weighted by atomic mass is 16.5. The Bertz CT molecular complexity index is 601. The van der Waals surface area contributed by atoms with E-state index in [1.807, 2.05) is 6.92 Å². The molecule has 1 aromatic rings. The van der Waals surface area contributed by atoms with Crippen LogP contribution < -0.4 is 14.8 Å². The van der Waals surface area contributed by atoms with E-state index in [2.05, 4.69) is 12.2 Å². The van der Waals surface area contributed by atoms with E-state index in [-0.39, 0.29) is 18.6 Å². The fourth-order valence-corrected chi connectivity index (χ4v) is 3.07. The molecule has 0 aromatic heterocycles. The molecule has 0 saturated heterocycles. The van der Waals surface area contributed by atoms with Crippen LogP contribution in [0, 0.1) is 5.92 Å². The number of hydrogen-bond acceptors (Lipinski definition) is 5. The van der Waals surface area contributed by atoms with E-state index in [4.69, 9.17) is 14.2 Å². The summed E-state index contributed by atoms with van der Waals surface area (Å²) < 4.78 is 15.8. The van der Waals surface area contributed by atoms with Crippen molar-refractivity contribution in [3.8, 4) is 11.5 Å². The first-order valence-corrected chi connectivity index (χ1v) is 8.82. The molecule has 1 amide bonds. The van der Waals surface area contributed by atoms with Crippen LogP contribution in [0.1, 0.15) is 49.9 Å². The number of carbonyl (C=O) groups excluding carboxylic acids is 2. The predicted octanol–water partition coefficient (Wildman–Crippen LogP) is 2.95. The van der Waals surface area contributed by atoms with Gasteiger partial charge in [-0.3, -0.25) is 4.79 Å². The van der Waals surface area contributed by atoms with Crippen LogP contribution in [0.15, 0.2) is 18.2 Å². The molecule has 6 nitrogen and oxygen atoms in total. The molecule has 2 rings (SSSR count). The van der Waals surface area contributed by atoms with Crippen molar-refractivity contribution in [1.82, 2.24) is 5.32 Å². The summed E-state index contributed by atoms with van der Waals surface area (Å²) in [6.07, 6.45) is 4.44. The second-order valence-corrected chi connectivity index (χ2v) is 6.31. The van der Waals surface area contributed by atoms with Crippen LogP contribution in [-0.2, 0) is 9.53 Å². The number of esters is 1. The van der Waals surface area contributed by atoms with Gasteiger partial charge in [0.2, 0.25) is 0 Å². The smallest absolute Gasteiger partial charge is 0.338 e. The summed E-state index contributed by atoms with van der Waals surface area (Å²) in [5.74, 6) is 0.659. The monoisotopic (exact) mass is 349 g/mol. The lowest BCUT2D eigenvalue weighted by Crippen LogP contribution is -2.42. The Morgan fingerprint density at radius 2 is 1.96 bits per heavy atom. The number of rotatable bonds is 7. The van der Waals surface area contributed by atoms with Crippen LogP contribution in [0.3, 0.4) is 0 Å². The molecule has 1 aliphatic carbocycles. The highest BCUT2D eigenvalue weighted by molar-refractivity contribution is 5.92. The van der Waals surface area contributed by atoms with Gasteiger partial charge < -0.3 is 19.5 Å². The molecule has 0 spiro atoms. The van der Waals surface area contributed by atoms with Gasteiger partial charge in [0, 0.05) is 6.04 Å². The van der Waals surface area contributed by atoms with Gasteiger partial charge in [-0.2, -0.15) is 0 Å². The SMILES string of the molecule is CCOc1cc(C(=O)OCC(=O)N[C@@H]2CCCC[C@H]2C)ccc1OC. The van der Waals surface area contributed by atoms with Crippen LogP contribution in [-0.4, -0.2) is 38.2 Å². The van der Waals surface area contributed by atoms with Gasteiger partial charge >= 0.3 is 5.97 Å². The average Bonchev–Trinajstić information content (AvgIpc) is 2.62. The first kappa shape index (κ1) is 19.1. The summed E-state index contributed by atoms with van der Waals surface area (Å²) in [6, 6.07) is 4.97. The molecule has 6 heteroatoms. The van der Waals surface area contributed by atoms with Crippen molar-refractivity contribution in [2.45, 2.75) is 45.6 Å². The van der Waals surface area contributed by atoms with Crippen molar-refractivity contribution in [2.24, 2.45) is 5.92 Å². The van der Waals surface area contributed by atoms with E-state index in [1.165, 1.54) is 13.5 Å². The van der Waals surface area contributed by atoms with Gasteiger partial charge in [0.1, 0.15) is 0 Å². The Kier molecular flexibility index (Phi) is 7.10. The normalized spacial score (nSPS) is 19.8. The quantitative estimate of drug-likeness (QED) is 0.766. The van der Waals surface area contributed by atoms with Crippen LogP contribution in [0.25, 0.3) is 0 Å². The molecule has 0 unspecified atom stereocenters. The van der Waals surface area contributed by atoms with E-state index in [0.717, 1.165) is 19.3 Å². The van der Waals surface area contributed by atoms with E-state index in [1.54, 1.807) is 18.2 Å². The summed E-state index contributed by atoms with van der Waals surface area (Å²) in [7, 11) is 1.53. The molecule has 1 aromatic carbocycles. The van der Waals surface area contributed by atoms with Crippen molar-refractivity contribution >= 4 is 11.9 Å². The minimum atomic E-state index is -0.560. The van der Waals surface area contributed by atoms with Gasteiger partial charge in [0.05, 0.1) is 19.3 Å². The molecule has 0 radical (unpaired) electrons. The molecule has 2 atom stereocenters. The zero-order chi connectivity index (χ0) is 18.2. The third-order valence-corrected chi connectivity index (χ3v) is 4.49. The first-order chi connectivity index (χ1) is 12.0. The van der Waals surface area contributed by atoms with E-state index in [0.29, 0.717) is 29.6 Å². The van der Waals surface area contributed by atoms with Gasteiger partial charge in [-0.25, -0.2) is 4.79 Å². The molecule has 1 aliphatic rings. The van der Waals surface area contributed by atoms with Gasteiger partial charge in [0.25, 0.3) is 5.91 Å². The molecule has 25 heavy (non-hydrogen) atoms. The van der Waals surface area contributed by atoms with Gasteiger partial charge in [-0.05, 0) is 43.9 Å². The largest absolute Gasteiger partial charge is 0.493 e. The number of amides is 1. The van der Waals surface area contributed by atoms with E-state index in [9.17, 15) is 9.59 Å². The van der Waals surface area contributed by atoms with Crippen LogP contribution >= 0.6 is 0 Å². The van der Waals surface area contributed by atoms with Gasteiger partial charge in [-0.15, -0.1) is 0 Å². The molecule has 0 bridgehead atoms. The second-order valence-electron chi connectivity index (χ2n) is 6.31. The Balaban J connectivity index is 1.89. The van der Waals surface area contributed by atoms with Crippen molar-refractivity contribution in [3.63, 3.8) is 0 Å². The molecular formula is C19H27NO5. The number of carbonyl (C=O) groups is 2. The van der Waals surface area contributed by atoms with Gasteiger partial charge in [-0.1, -0.05) is 19.8 Å². The lowest BCUT2D eigenvalue weighted by molar-refractivity contribution is -0.125. The summed E-state index contributed by atoms with van der Waals surface area (Å²) in [6.45, 7) is 4.17. The summed E-state index contributed by atoms with van der Waals surface area (Å²) in [5, 5.41) is 2.96. The molecule has 0 aliphatic heterocycles. The van der Waals surface area contributed by atoms with Crippen LogP contribution in [0.2, 0.25) is 0 Å². The summed E-state index contributed by atoms with van der Waals surface area (Å²) in [4.78, 5) is 24.2. The number of hydrogen-bond donors (Lipinski definition) is 1.